The van der Waals surface area contributed by atoms with Gasteiger partial charge in [0.05, 0.1) is 15.7 Å². The lowest BCUT2D eigenvalue weighted by Gasteiger charge is -2.16. The summed E-state index contributed by atoms with van der Waals surface area (Å²) in [5, 5.41) is 6.39. The zero-order valence-electron chi connectivity index (χ0n) is 17.6. The second-order valence-electron chi connectivity index (χ2n) is 7.29. The van der Waals surface area contributed by atoms with Crippen LogP contribution in [-0.4, -0.2) is 17.9 Å². The molecule has 0 heterocycles. The number of halogens is 3. The number of carbonyl (C=O) groups excluding carboxylic acids is 2. The number of hydrogen-bond donors (Lipinski definition) is 2. The van der Waals surface area contributed by atoms with Crippen LogP contribution in [0.15, 0.2) is 54.6 Å². The van der Waals surface area contributed by atoms with Crippen LogP contribution in [0.1, 0.15) is 28.4 Å². The second kappa shape index (κ2) is 10.3. The van der Waals surface area contributed by atoms with Crippen LogP contribution in [0.2, 0.25) is 15.1 Å². The summed E-state index contributed by atoms with van der Waals surface area (Å²) in [6, 6.07) is 15.2. The fourth-order valence-corrected chi connectivity index (χ4v) is 3.81. The van der Waals surface area contributed by atoms with Crippen LogP contribution in [0.4, 0.5) is 11.4 Å². The van der Waals surface area contributed by atoms with Crippen molar-refractivity contribution < 1.29 is 14.3 Å². The molecule has 166 valence electrons. The van der Waals surface area contributed by atoms with E-state index in [9.17, 15) is 9.59 Å². The molecule has 0 aliphatic rings. The van der Waals surface area contributed by atoms with Gasteiger partial charge in [0.2, 0.25) is 0 Å². The Bertz CT molecular complexity index is 1140. The van der Waals surface area contributed by atoms with Gasteiger partial charge in [-0.3, -0.25) is 9.59 Å². The number of benzene rings is 3. The lowest BCUT2D eigenvalue weighted by atomic mass is 10.1. The molecule has 0 spiro atoms. The second-order valence-corrected chi connectivity index (χ2v) is 8.54. The molecule has 0 radical (unpaired) electrons. The maximum Gasteiger partial charge on any atom is 0.265 e. The highest BCUT2D eigenvalue weighted by Gasteiger charge is 2.17. The summed E-state index contributed by atoms with van der Waals surface area (Å²) >= 11 is 18.1. The number of ether oxygens (including phenoxy) is 1. The van der Waals surface area contributed by atoms with Crippen molar-refractivity contribution in [2.45, 2.75) is 26.9 Å². The Hall–Kier alpha value is -2.73. The average Bonchev–Trinajstić information content (AvgIpc) is 2.73. The quantitative estimate of drug-likeness (QED) is 0.393. The Kier molecular flexibility index (Phi) is 7.67. The van der Waals surface area contributed by atoms with Crippen molar-refractivity contribution in [3.63, 3.8) is 0 Å². The summed E-state index contributed by atoms with van der Waals surface area (Å²) < 4.78 is 5.72. The van der Waals surface area contributed by atoms with E-state index in [1.54, 1.807) is 31.2 Å². The van der Waals surface area contributed by atoms with Gasteiger partial charge in [0.1, 0.15) is 5.75 Å². The minimum atomic E-state index is -0.735. The number of rotatable bonds is 6. The number of hydrogen-bond acceptors (Lipinski definition) is 3. The maximum absolute atomic E-state index is 12.5. The zero-order chi connectivity index (χ0) is 23.4. The van der Waals surface area contributed by atoms with E-state index in [2.05, 4.69) is 10.6 Å². The Morgan fingerprint density at radius 2 is 1.50 bits per heavy atom. The van der Waals surface area contributed by atoms with Gasteiger partial charge in [-0.25, -0.2) is 0 Å². The first-order valence-corrected chi connectivity index (χ1v) is 10.9. The fraction of sp³-hybridized carbons (Fsp3) is 0.167. The number of carbonyl (C=O) groups is 2. The molecule has 5 nitrogen and oxygen atoms in total. The lowest BCUT2D eigenvalue weighted by molar-refractivity contribution is -0.122. The number of amides is 2. The van der Waals surface area contributed by atoms with E-state index in [4.69, 9.17) is 39.5 Å². The van der Waals surface area contributed by atoms with Crippen LogP contribution >= 0.6 is 34.8 Å². The highest BCUT2D eigenvalue weighted by Crippen LogP contribution is 2.34. The van der Waals surface area contributed by atoms with E-state index >= 15 is 0 Å². The Morgan fingerprint density at radius 3 is 2.12 bits per heavy atom. The van der Waals surface area contributed by atoms with Gasteiger partial charge in [0, 0.05) is 16.3 Å². The molecule has 2 N–H and O–H groups in total. The van der Waals surface area contributed by atoms with Crippen molar-refractivity contribution in [3.8, 4) is 5.75 Å². The first kappa shape index (κ1) is 23.9. The first-order chi connectivity index (χ1) is 15.1. The molecule has 0 aliphatic heterocycles. The first-order valence-electron chi connectivity index (χ1n) is 9.75. The summed E-state index contributed by atoms with van der Waals surface area (Å²) in [5.41, 5.74) is 3.41. The monoisotopic (exact) mass is 490 g/mol. The zero-order valence-corrected chi connectivity index (χ0v) is 19.9. The minimum absolute atomic E-state index is 0.236. The van der Waals surface area contributed by atoms with Crippen LogP contribution in [0.25, 0.3) is 0 Å². The number of nitrogens with one attached hydrogen (secondary N) is 2. The summed E-state index contributed by atoms with van der Waals surface area (Å²) in [7, 11) is 0. The highest BCUT2D eigenvalue weighted by atomic mass is 35.5. The molecule has 1 unspecified atom stereocenters. The van der Waals surface area contributed by atoms with Crippen LogP contribution in [0, 0.1) is 13.8 Å². The topological polar surface area (TPSA) is 67.4 Å². The summed E-state index contributed by atoms with van der Waals surface area (Å²) in [4.78, 5) is 25.1. The van der Waals surface area contributed by atoms with Crippen molar-refractivity contribution >= 4 is 58.0 Å². The molecule has 0 bridgehead atoms. The molecule has 0 fully saturated rings. The van der Waals surface area contributed by atoms with Crippen molar-refractivity contribution in [1.29, 1.82) is 0 Å². The molecule has 8 heteroatoms. The van der Waals surface area contributed by atoms with Crippen molar-refractivity contribution in [3.05, 3.63) is 86.4 Å². The van der Waals surface area contributed by atoms with Gasteiger partial charge in [-0.1, -0.05) is 46.9 Å². The Balaban J connectivity index is 1.63. The van der Waals surface area contributed by atoms with Gasteiger partial charge in [0.25, 0.3) is 11.8 Å². The smallest absolute Gasteiger partial charge is 0.265 e. The summed E-state index contributed by atoms with van der Waals surface area (Å²) in [6.07, 6.45) is -0.735. The van der Waals surface area contributed by atoms with Gasteiger partial charge in [-0.05, 0) is 74.4 Å². The van der Waals surface area contributed by atoms with Crippen molar-refractivity contribution in [2.24, 2.45) is 0 Å². The van der Waals surface area contributed by atoms with Crippen molar-refractivity contribution in [2.75, 3.05) is 10.6 Å². The minimum Gasteiger partial charge on any atom is -0.481 e. The molecular weight excluding hydrogens is 471 g/mol. The third-order valence-electron chi connectivity index (χ3n) is 4.69. The molecule has 3 aromatic carbocycles. The van der Waals surface area contributed by atoms with E-state index < -0.39 is 12.0 Å². The van der Waals surface area contributed by atoms with Crippen molar-refractivity contribution in [1.82, 2.24) is 0 Å². The van der Waals surface area contributed by atoms with Crippen LogP contribution in [0.5, 0.6) is 5.75 Å². The van der Waals surface area contributed by atoms with Crippen LogP contribution in [0.3, 0.4) is 0 Å². The predicted octanol–water partition coefficient (Wildman–Crippen LogP) is 6.92. The largest absolute Gasteiger partial charge is 0.481 e. The molecule has 0 aliphatic carbocycles. The van der Waals surface area contributed by atoms with Gasteiger partial charge in [-0.15, -0.1) is 0 Å². The van der Waals surface area contributed by atoms with E-state index in [0.717, 1.165) is 16.8 Å². The van der Waals surface area contributed by atoms with E-state index in [-0.39, 0.29) is 21.6 Å². The standard InChI is InChI=1S/C24H21Cl3N2O3/c1-13-4-5-14(2)21(10-13)28-23(30)15(3)32-18-8-6-16(7-9-18)24(31)29-22-19(26)11-17(25)12-20(22)27/h4-12,15H,1-3H3,(H,28,30)(H,29,31). The lowest BCUT2D eigenvalue weighted by Crippen LogP contribution is -2.30. The van der Waals surface area contributed by atoms with E-state index in [1.807, 2.05) is 32.0 Å². The van der Waals surface area contributed by atoms with Gasteiger partial charge in [0.15, 0.2) is 6.10 Å². The number of anilines is 2. The maximum atomic E-state index is 12.5. The third-order valence-corrected chi connectivity index (χ3v) is 5.51. The third kappa shape index (κ3) is 5.94. The van der Waals surface area contributed by atoms with E-state index in [1.165, 1.54) is 12.1 Å². The molecule has 0 saturated carbocycles. The summed E-state index contributed by atoms with van der Waals surface area (Å²) in [5.74, 6) is -0.219. The molecule has 0 saturated heterocycles. The van der Waals surface area contributed by atoms with Gasteiger partial charge in [-0.2, -0.15) is 0 Å². The molecule has 0 aromatic heterocycles. The molecule has 2 amide bonds. The normalized spacial score (nSPS) is 11.6. The average molecular weight is 492 g/mol. The molecule has 3 rings (SSSR count). The molecule has 1 atom stereocenters. The molecule has 32 heavy (non-hydrogen) atoms. The highest BCUT2D eigenvalue weighted by molar-refractivity contribution is 6.42. The Morgan fingerprint density at radius 1 is 0.875 bits per heavy atom. The van der Waals surface area contributed by atoms with Crippen LogP contribution < -0.4 is 15.4 Å². The summed E-state index contributed by atoms with van der Waals surface area (Å²) in [6.45, 7) is 5.54. The fourth-order valence-electron chi connectivity index (χ4n) is 2.89. The number of aryl methyl sites for hydroxylation is 2. The molecular formula is C24H21Cl3N2O3. The predicted molar refractivity (Wildman–Crippen MR) is 131 cm³/mol. The van der Waals surface area contributed by atoms with Crippen LogP contribution in [-0.2, 0) is 4.79 Å². The van der Waals surface area contributed by atoms with Gasteiger partial charge < -0.3 is 15.4 Å². The van der Waals surface area contributed by atoms with Gasteiger partial charge >= 0.3 is 0 Å². The SMILES string of the molecule is Cc1ccc(C)c(NC(=O)C(C)Oc2ccc(C(=O)Nc3c(Cl)cc(Cl)cc3Cl)cc2)c1. The van der Waals surface area contributed by atoms with E-state index in [0.29, 0.717) is 16.3 Å². The molecule has 3 aromatic rings. The Labute approximate surface area is 201 Å².